The van der Waals surface area contributed by atoms with Crippen LogP contribution in [0.3, 0.4) is 0 Å². The average molecular weight is 349 g/mol. The molecule has 0 atom stereocenters. The molecule has 1 aromatic rings. The van der Waals surface area contributed by atoms with Gasteiger partial charge in [0.05, 0.1) is 10.2 Å². The van der Waals surface area contributed by atoms with E-state index in [4.69, 9.17) is 5.14 Å². The minimum atomic E-state index is -3.46. The van der Waals surface area contributed by atoms with Crippen LogP contribution in [0.2, 0.25) is 0 Å². The molecule has 8 heteroatoms. The molecule has 0 bridgehead atoms. The number of hydrogen-bond donors (Lipinski definition) is 1. The minimum Gasteiger partial charge on any atom is -0.353 e. The van der Waals surface area contributed by atoms with Crippen LogP contribution in [0.1, 0.15) is 31.3 Å². The monoisotopic (exact) mass is 348 g/mol. The van der Waals surface area contributed by atoms with Crippen LogP contribution >= 0.6 is 15.9 Å². The molecule has 0 aromatic carbocycles. The van der Waals surface area contributed by atoms with E-state index in [9.17, 15) is 8.42 Å². The molecular formula is C11H17BrN4O2S. The van der Waals surface area contributed by atoms with Crippen molar-refractivity contribution in [1.82, 2.24) is 9.97 Å². The summed E-state index contributed by atoms with van der Waals surface area (Å²) in [5.74, 6) is 1.73. The molecule has 2 heterocycles. The molecule has 0 spiro atoms. The summed E-state index contributed by atoms with van der Waals surface area (Å²) in [5, 5.41) is 4.63. The van der Waals surface area contributed by atoms with Crippen LogP contribution in [0.25, 0.3) is 0 Å². The van der Waals surface area contributed by atoms with Crippen LogP contribution in [0.5, 0.6) is 0 Å². The van der Waals surface area contributed by atoms with Gasteiger partial charge in [0.15, 0.2) is 0 Å². The Labute approximate surface area is 121 Å². The Kier molecular flexibility index (Phi) is 3.85. The molecule has 0 saturated carbocycles. The van der Waals surface area contributed by atoms with Crippen LogP contribution in [0.4, 0.5) is 5.82 Å². The molecule has 1 aliphatic heterocycles. The second kappa shape index (κ2) is 4.99. The fourth-order valence-corrected chi connectivity index (χ4v) is 3.06. The van der Waals surface area contributed by atoms with Crippen LogP contribution in [-0.4, -0.2) is 36.7 Å². The van der Waals surface area contributed by atoms with Crippen LogP contribution in [0, 0.1) is 6.92 Å². The summed E-state index contributed by atoms with van der Waals surface area (Å²) in [6.07, 6.45) is 0. The summed E-state index contributed by atoms with van der Waals surface area (Å²) in [7, 11) is -3.46. The van der Waals surface area contributed by atoms with Gasteiger partial charge in [-0.3, -0.25) is 0 Å². The highest BCUT2D eigenvalue weighted by Crippen LogP contribution is 2.32. The van der Waals surface area contributed by atoms with Crippen molar-refractivity contribution in [3.63, 3.8) is 0 Å². The van der Waals surface area contributed by atoms with Gasteiger partial charge in [0, 0.05) is 19.0 Å². The van der Waals surface area contributed by atoms with Gasteiger partial charge in [-0.05, 0) is 22.9 Å². The van der Waals surface area contributed by atoms with E-state index in [1.165, 1.54) is 0 Å². The highest BCUT2D eigenvalue weighted by Gasteiger charge is 2.37. The van der Waals surface area contributed by atoms with Crippen molar-refractivity contribution in [2.75, 3.05) is 18.0 Å². The van der Waals surface area contributed by atoms with Crippen molar-refractivity contribution in [2.45, 2.75) is 31.9 Å². The number of nitrogens with two attached hydrogens (primary N) is 1. The number of aryl methyl sites for hydroxylation is 1. The Bertz CT molecular complexity index is 597. The van der Waals surface area contributed by atoms with Crippen molar-refractivity contribution in [3.8, 4) is 0 Å². The quantitative estimate of drug-likeness (QED) is 0.884. The Balaban J connectivity index is 2.27. The summed E-state index contributed by atoms with van der Waals surface area (Å²) < 4.78 is 23.3. The van der Waals surface area contributed by atoms with Gasteiger partial charge in [-0.2, -0.15) is 0 Å². The average Bonchev–Trinajstić information content (AvgIpc) is 2.19. The Morgan fingerprint density at radius 1 is 1.37 bits per heavy atom. The molecule has 1 saturated heterocycles. The molecule has 0 unspecified atom stereocenters. The normalized spacial score (nSPS) is 16.8. The van der Waals surface area contributed by atoms with E-state index >= 15 is 0 Å². The van der Waals surface area contributed by atoms with Gasteiger partial charge in [-0.1, -0.05) is 13.8 Å². The van der Waals surface area contributed by atoms with Crippen LogP contribution < -0.4 is 10.0 Å². The second-order valence-corrected chi connectivity index (χ2v) is 7.71. The zero-order valence-corrected chi connectivity index (χ0v) is 13.5. The van der Waals surface area contributed by atoms with Crippen LogP contribution in [0.15, 0.2) is 4.47 Å². The van der Waals surface area contributed by atoms with E-state index in [1.807, 2.05) is 25.7 Å². The largest absolute Gasteiger partial charge is 0.353 e. The topological polar surface area (TPSA) is 89.2 Å². The lowest BCUT2D eigenvalue weighted by Crippen LogP contribution is -2.57. The summed E-state index contributed by atoms with van der Waals surface area (Å²) >= 11 is 3.46. The summed E-state index contributed by atoms with van der Waals surface area (Å²) in [6, 6.07) is 0. The molecule has 0 aliphatic carbocycles. The molecule has 1 fully saturated rings. The number of sulfonamides is 1. The number of primary sulfonamides is 1. The summed E-state index contributed by atoms with van der Waals surface area (Å²) in [5.41, 5.74) is 0.854. The van der Waals surface area contributed by atoms with E-state index in [2.05, 4.69) is 25.9 Å². The van der Waals surface area contributed by atoms with Crippen LogP contribution in [-0.2, 0) is 10.0 Å². The smallest absolute Gasteiger partial charge is 0.215 e. The molecule has 106 valence electrons. The lowest BCUT2D eigenvalue weighted by atomic mass is 10.2. The maximum Gasteiger partial charge on any atom is 0.215 e. The zero-order chi connectivity index (χ0) is 14.4. The molecule has 2 N–H and O–H groups in total. The fourth-order valence-electron chi connectivity index (χ4n) is 1.85. The van der Waals surface area contributed by atoms with Gasteiger partial charge in [0.1, 0.15) is 16.9 Å². The molecule has 6 nitrogen and oxygen atoms in total. The first kappa shape index (κ1) is 14.7. The number of nitrogens with zero attached hydrogens (tertiary/aromatic N) is 3. The SMILES string of the molecule is Cc1nc(C(C)C)nc(N2CC(S(N)(=O)=O)C2)c1Br. The first-order valence-electron chi connectivity index (χ1n) is 6.00. The number of aromatic nitrogens is 2. The zero-order valence-electron chi connectivity index (χ0n) is 11.1. The van der Waals surface area contributed by atoms with Gasteiger partial charge < -0.3 is 4.90 Å². The van der Waals surface area contributed by atoms with E-state index in [0.29, 0.717) is 13.1 Å². The number of halogens is 1. The number of anilines is 1. The number of rotatable bonds is 3. The van der Waals surface area contributed by atoms with E-state index < -0.39 is 15.3 Å². The van der Waals surface area contributed by atoms with Gasteiger partial charge in [0.2, 0.25) is 10.0 Å². The van der Waals surface area contributed by atoms with Crippen molar-refractivity contribution in [1.29, 1.82) is 0 Å². The third kappa shape index (κ3) is 2.90. The molecule has 2 rings (SSSR count). The Morgan fingerprint density at radius 3 is 2.42 bits per heavy atom. The first-order chi connectivity index (χ1) is 8.70. The van der Waals surface area contributed by atoms with Gasteiger partial charge in [-0.15, -0.1) is 0 Å². The van der Waals surface area contributed by atoms with Crippen molar-refractivity contribution in [3.05, 3.63) is 16.0 Å². The Hall–Kier alpha value is -0.730. The van der Waals surface area contributed by atoms with E-state index in [1.54, 1.807) is 0 Å². The molecule has 0 radical (unpaired) electrons. The van der Waals surface area contributed by atoms with Gasteiger partial charge in [-0.25, -0.2) is 23.5 Å². The highest BCUT2D eigenvalue weighted by molar-refractivity contribution is 9.10. The molecule has 1 aromatic heterocycles. The third-order valence-corrected chi connectivity index (χ3v) is 5.30. The summed E-state index contributed by atoms with van der Waals surface area (Å²) in [4.78, 5) is 10.8. The third-order valence-electron chi connectivity index (χ3n) is 3.15. The second-order valence-electron chi connectivity index (χ2n) is 5.08. The van der Waals surface area contributed by atoms with Gasteiger partial charge in [0.25, 0.3) is 0 Å². The van der Waals surface area contributed by atoms with Crippen molar-refractivity contribution >= 4 is 31.8 Å². The molecular weight excluding hydrogens is 332 g/mol. The highest BCUT2D eigenvalue weighted by atomic mass is 79.9. The standard InChI is InChI=1S/C11H17BrN4O2S/c1-6(2)10-14-7(3)9(12)11(15-10)16-4-8(5-16)19(13,17)18/h6,8H,4-5H2,1-3H3,(H2,13,17,18). The Morgan fingerprint density at radius 2 is 1.95 bits per heavy atom. The maximum atomic E-state index is 11.2. The van der Waals surface area contributed by atoms with E-state index in [-0.39, 0.29) is 5.92 Å². The lowest BCUT2D eigenvalue weighted by molar-refractivity contribution is 0.538. The fraction of sp³-hybridized carbons (Fsp3) is 0.636. The predicted molar refractivity (Wildman–Crippen MR) is 77.7 cm³/mol. The van der Waals surface area contributed by atoms with Crippen molar-refractivity contribution in [2.24, 2.45) is 5.14 Å². The maximum absolute atomic E-state index is 11.2. The molecule has 1 aliphatic rings. The number of hydrogen-bond acceptors (Lipinski definition) is 5. The predicted octanol–water partition coefficient (Wildman–Crippen LogP) is 1.15. The minimum absolute atomic E-state index is 0.223. The van der Waals surface area contributed by atoms with Gasteiger partial charge >= 0.3 is 0 Å². The lowest BCUT2D eigenvalue weighted by Gasteiger charge is -2.39. The van der Waals surface area contributed by atoms with Crippen molar-refractivity contribution < 1.29 is 8.42 Å². The molecule has 0 amide bonds. The first-order valence-corrected chi connectivity index (χ1v) is 8.41. The van der Waals surface area contributed by atoms with E-state index in [0.717, 1.165) is 21.8 Å². The summed E-state index contributed by atoms with van der Waals surface area (Å²) in [6.45, 7) is 6.71. The molecule has 19 heavy (non-hydrogen) atoms.